The molecule has 0 unspecified atom stereocenters. The normalized spacial score (nSPS) is 11.3. The monoisotopic (exact) mass is 326 g/mol. The van der Waals surface area contributed by atoms with Crippen LogP contribution in [0.25, 0.3) is 22.0 Å². The van der Waals surface area contributed by atoms with E-state index in [-0.39, 0.29) is 0 Å². The summed E-state index contributed by atoms with van der Waals surface area (Å²) in [5.74, 6) is 0.734. The lowest BCUT2D eigenvalue weighted by Crippen LogP contribution is -1.88. The van der Waals surface area contributed by atoms with Gasteiger partial charge in [0.1, 0.15) is 5.52 Å². The first-order chi connectivity index (χ1) is 10.8. The molecule has 0 aliphatic rings. The summed E-state index contributed by atoms with van der Waals surface area (Å²) in [7, 11) is 0. The number of nitrogens with zero attached hydrogens (tertiary/aromatic N) is 2. The third-order valence-electron chi connectivity index (χ3n) is 3.43. The van der Waals surface area contributed by atoms with E-state index < -0.39 is 0 Å². The number of aromatic nitrogens is 2. The lowest BCUT2D eigenvalue weighted by Gasteiger charge is -2.05. The molecule has 0 aliphatic carbocycles. The standard InChI is InChI=1S/C17H11ClN2OS/c18-13-8-7-11(16-12(13)4-3-9-19-16)10-22-17-20-14-5-1-2-6-15(14)21-17/h1-9H,10H2. The predicted molar refractivity (Wildman–Crippen MR) is 90.3 cm³/mol. The average molecular weight is 327 g/mol. The summed E-state index contributed by atoms with van der Waals surface area (Å²) in [6.45, 7) is 0. The summed E-state index contributed by atoms with van der Waals surface area (Å²) >= 11 is 7.78. The van der Waals surface area contributed by atoms with Crippen LogP contribution in [-0.4, -0.2) is 9.97 Å². The molecule has 22 heavy (non-hydrogen) atoms. The molecule has 0 saturated carbocycles. The van der Waals surface area contributed by atoms with Gasteiger partial charge in [-0.3, -0.25) is 4.98 Å². The minimum Gasteiger partial charge on any atom is -0.431 e. The molecule has 0 bridgehead atoms. The molecule has 0 spiro atoms. The highest BCUT2D eigenvalue weighted by molar-refractivity contribution is 7.98. The summed E-state index contributed by atoms with van der Waals surface area (Å²) < 4.78 is 5.73. The van der Waals surface area contributed by atoms with E-state index in [0.29, 0.717) is 5.22 Å². The smallest absolute Gasteiger partial charge is 0.257 e. The van der Waals surface area contributed by atoms with Crippen LogP contribution in [0.4, 0.5) is 0 Å². The van der Waals surface area contributed by atoms with Gasteiger partial charge in [0, 0.05) is 22.4 Å². The zero-order chi connectivity index (χ0) is 14.9. The lowest BCUT2D eigenvalue weighted by atomic mass is 10.1. The summed E-state index contributed by atoms with van der Waals surface area (Å²) in [6, 6.07) is 15.6. The maximum absolute atomic E-state index is 6.22. The lowest BCUT2D eigenvalue weighted by molar-refractivity contribution is 0.489. The Bertz CT molecular complexity index is 934. The van der Waals surface area contributed by atoms with Crippen LogP contribution in [-0.2, 0) is 5.75 Å². The molecule has 0 aliphatic heterocycles. The molecule has 4 rings (SSSR count). The maximum atomic E-state index is 6.22. The molecule has 3 nitrogen and oxygen atoms in total. The van der Waals surface area contributed by atoms with Crippen molar-refractivity contribution >= 4 is 45.4 Å². The molecule has 0 radical (unpaired) electrons. The first-order valence-corrected chi connectivity index (χ1v) is 8.18. The van der Waals surface area contributed by atoms with Gasteiger partial charge < -0.3 is 4.42 Å². The van der Waals surface area contributed by atoms with Gasteiger partial charge in [-0.15, -0.1) is 0 Å². The van der Waals surface area contributed by atoms with Gasteiger partial charge in [0.2, 0.25) is 0 Å². The van der Waals surface area contributed by atoms with E-state index in [9.17, 15) is 0 Å². The van der Waals surface area contributed by atoms with E-state index in [1.807, 2.05) is 48.5 Å². The Morgan fingerprint density at radius 2 is 1.95 bits per heavy atom. The van der Waals surface area contributed by atoms with Gasteiger partial charge >= 0.3 is 0 Å². The van der Waals surface area contributed by atoms with Gasteiger partial charge in [0.25, 0.3) is 5.22 Å². The highest BCUT2D eigenvalue weighted by Crippen LogP contribution is 2.30. The second kappa shape index (κ2) is 5.63. The molecular formula is C17H11ClN2OS. The number of hydrogen-bond acceptors (Lipinski definition) is 4. The number of oxazole rings is 1. The van der Waals surface area contributed by atoms with Crippen molar-refractivity contribution in [3.8, 4) is 0 Å². The Hall–Kier alpha value is -2.04. The molecule has 0 fully saturated rings. The zero-order valence-corrected chi connectivity index (χ0v) is 13.1. The first kappa shape index (κ1) is 13.6. The number of rotatable bonds is 3. The van der Waals surface area contributed by atoms with E-state index in [4.69, 9.17) is 16.0 Å². The molecule has 0 amide bonds. The fraction of sp³-hybridized carbons (Fsp3) is 0.0588. The van der Waals surface area contributed by atoms with Crippen LogP contribution in [0.2, 0.25) is 5.02 Å². The molecule has 2 heterocycles. The van der Waals surface area contributed by atoms with Gasteiger partial charge in [0.05, 0.1) is 5.52 Å². The highest BCUT2D eigenvalue weighted by Gasteiger charge is 2.09. The molecule has 0 atom stereocenters. The van der Waals surface area contributed by atoms with Crippen molar-refractivity contribution in [2.24, 2.45) is 0 Å². The molecular weight excluding hydrogens is 316 g/mol. The van der Waals surface area contributed by atoms with E-state index in [0.717, 1.165) is 38.3 Å². The summed E-state index contributed by atoms with van der Waals surface area (Å²) in [4.78, 5) is 8.92. The molecule has 2 aromatic carbocycles. The second-order valence-corrected chi connectivity index (χ2v) is 6.18. The third-order valence-corrected chi connectivity index (χ3v) is 4.63. The Morgan fingerprint density at radius 3 is 2.86 bits per heavy atom. The van der Waals surface area contributed by atoms with Crippen LogP contribution in [0, 0.1) is 0 Å². The molecule has 108 valence electrons. The van der Waals surface area contributed by atoms with Crippen LogP contribution >= 0.6 is 23.4 Å². The first-order valence-electron chi connectivity index (χ1n) is 6.82. The van der Waals surface area contributed by atoms with E-state index in [1.54, 1.807) is 18.0 Å². The van der Waals surface area contributed by atoms with Gasteiger partial charge in [-0.2, -0.15) is 0 Å². The highest BCUT2D eigenvalue weighted by atomic mass is 35.5. The average Bonchev–Trinajstić information content (AvgIpc) is 2.97. The van der Waals surface area contributed by atoms with Crippen LogP contribution in [0.1, 0.15) is 5.56 Å². The largest absolute Gasteiger partial charge is 0.431 e. The fourth-order valence-corrected chi connectivity index (χ4v) is 3.40. The summed E-state index contributed by atoms with van der Waals surface area (Å²) in [6.07, 6.45) is 1.78. The number of thioether (sulfide) groups is 1. The molecule has 2 aromatic heterocycles. The maximum Gasteiger partial charge on any atom is 0.257 e. The van der Waals surface area contributed by atoms with Crippen molar-refractivity contribution in [2.45, 2.75) is 11.0 Å². The Balaban J connectivity index is 1.65. The fourth-order valence-electron chi connectivity index (χ4n) is 2.37. The number of benzene rings is 2. The van der Waals surface area contributed by atoms with Crippen molar-refractivity contribution < 1.29 is 4.42 Å². The van der Waals surface area contributed by atoms with E-state index in [1.165, 1.54) is 0 Å². The number of fused-ring (bicyclic) bond motifs is 2. The molecule has 0 N–H and O–H groups in total. The van der Waals surface area contributed by atoms with Gasteiger partial charge in [-0.05, 0) is 35.9 Å². The third kappa shape index (κ3) is 2.45. The Morgan fingerprint density at radius 1 is 1.05 bits per heavy atom. The van der Waals surface area contributed by atoms with Crippen molar-refractivity contribution in [1.82, 2.24) is 9.97 Å². The topological polar surface area (TPSA) is 38.9 Å². The van der Waals surface area contributed by atoms with Crippen molar-refractivity contribution in [3.05, 3.63) is 65.3 Å². The minimum absolute atomic E-state index is 0.667. The number of para-hydroxylation sites is 2. The van der Waals surface area contributed by atoms with Crippen LogP contribution in [0.5, 0.6) is 0 Å². The van der Waals surface area contributed by atoms with Crippen molar-refractivity contribution in [1.29, 1.82) is 0 Å². The summed E-state index contributed by atoms with van der Waals surface area (Å²) in [5, 5.41) is 2.36. The Kier molecular flexibility index (Phi) is 3.48. The van der Waals surface area contributed by atoms with Crippen LogP contribution < -0.4 is 0 Å². The van der Waals surface area contributed by atoms with Gasteiger partial charge in [0.15, 0.2) is 5.58 Å². The number of pyridine rings is 1. The molecule has 5 heteroatoms. The number of halogens is 1. The van der Waals surface area contributed by atoms with Gasteiger partial charge in [-0.1, -0.05) is 41.6 Å². The van der Waals surface area contributed by atoms with Gasteiger partial charge in [-0.25, -0.2) is 4.98 Å². The number of hydrogen-bond donors (Lipinski definition) is 0. The SMILES string of the molecule is Clc1ccc(CSc2nc3ccccc3o2)c2ncccc12. The van der Waals surface area contributed by atoms with Crippen molar-refractivity contribution in [3.63, 3.8) is 0 Å². The van der Waals surface area contributed by atoms with Crippen molar-refractivity contribution in [2.75, 3.05) is 0 Å². The predicted octanol–water partition coefficient (Wildman–Crippen LogP) is 5.32. The Labute approximate surface area is 136 Å². The molecule has 0 saturated heterocycles. The van der Waals surface area contributed by atoms with Crippen LogP contribution in [0.15, 0.2) is 64.4 Å². The second-order valence-electron chi connectivity index (χ2n) is 4.84. The zero-order valence-electron chi connectivity index (χ0n) is 11.5. The quantitative estimate of drug-likeness (QED) is 0.477. The van der Waals surface area contributed by atoms with Crippen LogP contribution in [0.3, 0.4) is 0 Å². The molecule has 4 aromatic rings. The van der Waals surface area contributed by atoms with E-state index in [2.05, 4.69) is 9.97 Å². The van der Waals surface area contributed by atoms with E-state index >= 15 is 0 Å². The minimum atomic E-state index is 0.667. The summed E-state index contributed by atoms with van der Waals surface area (Å²) in [5.41, 5.74) is 3.74.